The highest BCUT2D eigenvalue weighted by Gasteiger charge is 2.31. The van der Waals surface area contributed by atoms with Crippen molar-refractivity contribution in [3.05, 3.63) is 0 Å². The Kier molecular flexibility index (Phi) is 36.0. The van der Waals surface area contributed by atoms with Crippen LogP contribution < -0.4 is 0 Å². The number of alkyl halides is 1. The fraction of sp³-hybridized carbons (Fsp3) is 0.958. The van der Waals surface area contributed by atoms with Crippen LogP contribution in [0, 0.1) is 10.8 Å². The molecule has 0 radical (unpaired) electrons. The molecule has 0 N–H and O–H groups in total. The Hall–Kier alpha value is -0.810. The summed E-state index contributed by atoms with van der Waals surface area (Å²) in [6.07, 6.45) is 37.2. The van der Waals surface area contributed by atoms with Crippen LogP contribution in [0.3, 0.4) is 0 Å². The van der Waals surface area contributed by atoms with E-state index in [0.29, 0.717) is 12.5 Å². The van der Waals surface area contributed by atoms with Gasteiger partial charge in [-0.1, -0.05) is 162 Å². The van der Waals surface area contributed by atoms with Crippen molar-refractivity contribution < 1.29 is 19.1 Å². The third kappa shape index (κ3) is 31.3. The molecule has 0 aliphatic heterocycles. The molecular formula is C48H94ClNO4. The van der Waals surface area contributed by atoms with Crippen molar-refractivity contribution >= 4 is 23.5 Å². The second-order valence-electron chi connectivity index (χ2n) is 18.0. The second-order valence-corrected chi connectivity index (χ2v) is 18.4. The minimum Gasteiger partial charge on any atom is -0.465 e. The summed E-state index contributed by atoms with van der Waals surface area (Å²) in [5, 5.41) is 0. The summed E-state index contributed by atoms with van der Waals surface area (Å²) in [4.78, 5) is 28.6. The lowest BCUT2D eigenvalue weighted by atomic mass is 9.86. The van der Waals surface area contributed by atoms with Crippen LogP contribution in [0.5, 0.6) is 0 Å². The van der Waals surface area contributed by atoms with Crippen molar-refractivity contribution in [3.63, 3.8) is 0 Å². The van der Waals surface area contributed by atoms with E-state index in [-0.39, 0.29) is 18.0 Å². The van der Waals surface area contributed by atoms with Gasteiger partial charge in [-0.15, -0.1) is 11.6 Å². The molecule has 0 unspecified atom stereocenters. The van der Waals surface area contributed by atoms with Gasteiger partial charge >= 0.3 is 11.9 Å². The number of esters is 2. The van der Waals surface area contributed by atoms with Crippen molar-refractivity contribution in [2.24, 2.45) is 10.8 Å². The van der Waals surface area contributed by atoms with E-state index < -0.39 is 10.8 Å². The number of halogens is 1. The zero-order valence-electron chi connectivity index (χ0n) is 37.5. The Labute approximate surface area is 343 Å². The number of hydrogen-bond donors (Lipinski definition) is 0. The Morgan fingerprint density at radius 2 is 0.852 bits per heavy atom. The normalized spacial score (nSPS) is 12.3. The van der Waals surface area contributed by atoms with Crippen LogP contribution in [0.4, 0.5) is 0 Å². The molecule has 0 atom stereocenters. The quantitative estimate of drug-likeness (QED) is 0.0351. The van der Waals surface area contributed by atoms with Crippen LogP contribution in [-0.2, 0) is 19.1 Å². The monoisotopic (exact) mass is 784 g/mol. The molecule has 0 spiro atoms. The van der Waals surface area contributed by atoms with Crippen molar-refractivity contribution in [1.29, 1.82) is 0 Å². The van der Waals surface area contributed by atoms with Crippen molar-refractivity contribution in [2.75, 3.05) is 32.1 Å². The number of carbonyl (C=O) groups is 2. The zero-order chi connectivity index (χ0) is 40.2. The second kappa shape index (κ2) is 36.5. The van der Waals surface area contributed by atoms with E-state index in [0.717, 1.165) is 90.3 Å². The van der Waals surface area contributed by atoms with E-state index in [1.54, 1.807) is 0 Å². The van der Waals surface area contributed by atoms with Crippen LogP contribution in [0.1, 0.15) is 248 Å². The van der Waals surface area contributed by atoms with E-state index in [4.69, 9.17) is 21.1 Å². The molecule has 5 nitrogen and oxygen atoms in total. The molecule has 322 valence electrons. The van der Waals surface area contributed by atoms with E-state index in [2.05, 4.69) is 39.5 Å². The van der Waals surface area contributed by atoms with Crippen molar-refractivity contribution in [2.45, 2.75) is 254 Å². The average Bonchev–Trinajstić information content (AvgIpc) is 3.14. The lowest BCUT2D eigenvalue weighted by Crippen LogP contribution is -2.31. The first-order valence-electron chi connectivity index (χ1n) is 23.7. The van der Waals surface area contributed by atoms with Gasteiger partial charge in [0.15, 0.2) is 0 Å². The molecule has 0 aliphatic rings. The Morgan fingerprint density at radius 3 is 1.33 bits per heavy atom. The molecule has 0 saturated heterocycles. The molecule has 0 saturated carbocycles. The number of ether oxygens (including phenoxy) is 2. The average molecular weight is 785 g/mol. The lowest BCUT2D eigenvalue weighted by Gasteiger charge is -2.27. The van der Waals surface area contributed by atoms with Gasteiger partial charge in [-0.05, 0) is 98.6 Å². The van der Waals surface area contributed by atoms with Crippen molar-refractivity contribution in [1.82, 2.24) is 4.90 Å². The number of hydrogen-bond acceptors (Lipinski definition) is 5. The maximum absolute atomic E-state index is 13.4. The molecular weight excluding hydrogens is 690 g/mol. The maximum Gasteiger partial charge on any atom is 0.311 e. The summed E-state index contributed by atoms with van der Waals surface area (Å²) in [5.41, 5.74) is -0.863. The van der Waals surface area contributed by atoms with Crippen LogP contribution in [-0.4, -0.2) is 55.1 Å². The topological polar surface area (TPSA) is 55.8 Å². The molecule has 6 heteroatoms. The molecule has 0 aliphatic carbocycles. The summed E-state index contributed by atoms with van der Waals surface area (Å²) in [5.74, 6) is 0.608. The number of unbranched alkanes of at least 4 members (excludes halogenated alkanes) is 22. The van der Waals surface area contributed by atoms with Gasteiger partial charge in [-0.25, -0.2) is 0 Å². The van der Waals surface area contributed by atoms with Crippen LogP contribution in [0.15, 0.2) is 0 Å². The van der Waals surface area contributed by atoms with E-state index in [9.17, 15) is 9.59 Å². The van der Waals surface area contributed by atoms with E-state index in [1.165, 1.54) is 128 Å². The highest BCUT2D eigenvalue weighted by Crippen LogP contribution is 2.29. The standard InChI is InChI=1S/C48H94ClNO4/c1-8-11-14-17-20-21-22-27-34-43-53-45(51)47(4,5)38-31-33-41-50(42-39-49)40-32-26-25-30-37-48(6,7)46(52)54-44(35-28-23-18-15-12-9-2)36-29-24-19-16-13-10-3/h44H,8-43H2,1-7H3. The lowest BCUT2D eigenvalue weighted by molar-refractivity contribution is -0.161. The fourth-order valence-electron chi connectivity index (χ4n) is 7.47. The molecule has 0 fully saturated rings. The van der Waals surface area contributed by atoms with Crippen LogP contribution in [0.2, 0.25) is 0 Å². The Morgan fingerprint density at radius 1 is 0.481 bits per heavy atom. The first-order valence-corrected chi connectivity index (χ1v) is 24.2. The summed E-state index contributed by atoms with van der Waals surface area (Å²) < 4.78 is 11.9. The minimum atomic E-state index is -0.432. The number of nitrogens with zero attached hydrogens (tertiary/aromatic N) is 1. The number of rotatable bonds is 41. The molecule has 0 aromatic carbocycles. The third-order valence-corrected chi connectivity index (χ3v) is 11.7. The maximum atomic E-state index is 13.4. The van der Waals surface area contributed by atoms with Crippen LogP contribution in [0.25, 0.3) is 0 Å². The van der Waals surface area contributed by atoms with Crippen molar-refractivity contribution in [3.8, 4) is 0 Å². The molecule has 0 rings (SSSR count). The van der Waals surface area contributed by atoms with E-state index >= 15 is 0 Å². The van der Waals surface area contributed by atoms with E-state index in [1.807, 2.05) is 13.8 Å². The summed E-state index contributed by atoms with van der Waals surface area (Å²) in [7, 11) is 0. The first-order chi connectivity index (χ1) is 26.0. The number of carbonyl (C=O) groups excluding carboxylic acids is 2. The van der Waals surface area contributed by atoms with Gasteiger partial charge in [0.25, 0.3) is 0 Å². The van der Waals surface area contributed by atoms with Gasteiger partial charge < -0.3 is 14.4 Å². The molecule has 0 heterocycles. The minimum absolute atomic E-state index is 0.00740. The first kappa shape index (κ1) is 53.2. The summed E-state index contributed by atoms with van der Waals surface area (Å²) >= 11 is 6.18. The van der Waals surface area contributed by atoms with Crippen LogP contribution >= 0.6 is 11.6 Å². The zero-order valence-corrected chi connectivity index (χ0v) is 38.2. The highest BCUT2D eigenvalue weighted by molar-refractivity contribution is 6.18. The molecule has 0 aromatic rings. The molecule has 0 bridgehead atoms. The van der Waals surface area contributed by atoms with Gasteiger partial charge in [-0.2, -0.15) is 0 Å². The smallest absolute Gasteiger partial charge is 0.311 e. The highest BCUT2D eigenvalue weighted by atomic mass is 35.5. The van der Waals surface area contributed by atoms with Gasteiger partial charge in [0.1, 0.15) is 6.10 Å². The van der Waals surface area contributed by atoms with Gasteiger partial charge in [0.05, 0.1) is 17.4 Å². The van der Waals surface area contributed by atoms with Gasteiger partial charge in [-0.3, -0.25) is 9.59 Å². The largest absolute Gasteiger partial charge is 0.465 e. The molecule has 54 heavy (non-hydrogen) atoms. The molecule has 0 amide bonds. The fourth-order valence-corrected chi connectivity index (χ4v) is 7.71. The predicted octanol–water partition coefficient (Wildman–Crippen LogP) is 15.2. The Bertz CT molecular complexity index is 831. The van der Waals surface area contributed by atoms with Gasteiger partial charge in [0.2, 0.25) is 0 Å². The molecule has 0 aromatic heterocycles. The summed E-state index contributed by atoms with van der Waals surface area (Å²) in [6.45, 7) is 18.6. The third-order valence-electron chi connectivity index (χ3n) is 11.6. The Balaban J connectivity index is 4.38. The summed E-state index contributed by atoms with van der Waals surface area (Å²) in [6, 6.07) is 0. The van der Waals surface area contributed by atoms with Gasteiger partial charge in [0, 0.05) is 12.4 Å². The SMILES string of the molecule is CCCCCCCCCCCOC(=O)C(C)(C)CCCCN(CCCl)CCCCCCC(C)(C)C(=O)OC(CCCCCCCC)CCCCCCCC. The predicted molar refractivity (Wildman–Crippen MR) is 236 cm³/mol.